The van der Waals surface area contributed by atoms with Crippen LogP contribution in [0, 0.1) is 11.8 Å². The van der Waals surface area contributed by atoms with Gasteiger partial charge < -0.3 is 9.47 Å². The summed E-state index contributed by atoms with van der Waals surface area (Å²) in [5.74, 6) is 0.410. The molecule has 1 saturated heterocycles. The zero-order chi connectivity index (χ0) is 24.3. The molecule has 1 aromatic heterocycles. The standard InChI is InChI=1S/C28H37NO4S/c1-19-12-14-21(15-13-19)25(30)29(22-11-8-16-32-18-22)26-23(27(31)33-28(2,3)4)17-24(34-26)20-9-6-5-7-10-20/h5-7,9-10,17,19,21-22H,8,11-16,18H2,1-4H3. The summed E-state index contributed by atoms with van der Waals surface area (Å²) in [6.45, 7) is 9.10. The van der Waals surface area contributed by atoms with Gasteiger partial charge in [-0.15, -0.1) is 11.3 Å². The number of thiophene rings is 1. The maximum Gasteiger partial charge on any atom is 0.341 e. The lowest BCUT2D eigenvalue weighted by Crippen LogP contribution is -2.48. The topological polar surface area (TPSA) is 55.8 Å². The number of anilines is 1. The summed E-state index contributed by atoms with van der Waals surface area (Å²) in [5.41, 5.74) is 0.884. The van der Waals surface area contributed by atoms with Crippen molar-refractivity contribution >= 4 is 28.2 Å². The molecule has 1 aliphatic heterocycles. The van der Waals surface area contributed by atoms with Crippen molar-refractivity contribution in [3.63, 3.8) is 0 Å². The Hall–Kier alpha value is -2.18. The number of esters is 1. The van der Waals surface area contributed by atoms with Gasteiger partial charge in [-0.2, -0.15) is 0 Å². The highest BCUT2D eigenvalue weighted by Crippen LogP contribution is 2.42. The molecular formula is C28H37NO4S. The van der Waals surface area contributed by atoms with E-state index in [0.29, 0.717) is 23.1 Å². The van der Waals surface area contributed by atoms with Gasteiger partial charge in [-0.25, -0.2) is 4.79 Å². The Kier molecular flexibility index (Phi) is 7.78. The van der Waals surface area contributed by atoms with Gasteiger partial charge in [0, 0.05) is 17.4 Å². The summed E-state index contributed by atoms with van der Waals surface area (Å²) in [4.78, 5) is 30.3. The van der Waals surface area contributed by atoms with Crippen LogP contribution >= 0.6 is 11.3 Å². The van der Waals surface area contributed by atoms with Crippen LogP contribution in [0.15, 0.2) is 36.4 Å². The first-order valence-corrected chi connectivity index (χ1v) is 13.4. The highest BCUT2D eigenvalue weighted by atomic mass is 32.1. The van der Waals surface area contributed by atoms with Crippen molar-refractivity contribution in [1.29, 1.82) is 0 Å². The first-order valence-electron chi connectivity index (χ1n) is 12.6. The third-order valence-electron chi connectivity index (χ3n) is 6.71. The van der Waals surface area contributed by atoms with Crippen LogP contribution in [0.1, 0.15) is 76.6 Å². The number of nitrogens with zero attached hydrogens (tertiary/aromatic N) is 1. The molecule has 1 saturated carbocycles. The maximum absolute atomic E-state index is 14.0. The number of hydrogen-bond acceptors (Lipinski definition) is 5. The minimum Gasteiger partial charge on any atom is -0.456 e. The summed E-state index contributed by atoms with van der Waals surface area (Å²) in [6, 6.07) is 11.9. The summed E-state index contributed by atoms with van der Waals surface area (Å²) in [6.07, 6.45) is 5.75. The average molecular weight is 484 g/mol. The molecule has 1 amide bonds. The molecule has 0 spiro atoms. The van der Waals surface area contributed by atoms with E-state index < -0.39 is 5.60 Å². The van der Waals surface area contributed by atoms with Crippen molar-refractivity contribution in [1.82, 2.24) is 0 Å². The Morgan fingerprint density at radius 1 is 1.06 bits per heavy atom. The zero-order valence-electron chi connectivity index (χ0n) is 20.8. The minimum atomic E-state index is -0.620. The van der Waals surface area contributed by atoms with Crippen molar-refractivity contribution in [2.45, 2.75) is 77.9 Å². The fourth-order valence-corrected chi connectivity index (χ4v) is 6.09. The number of benzene rings is 1. The number of rotatable bonds is 5. The molecule has 2 aromatic rings. The van der Waals surface area contributed by atoms with E-state index in [1.807, 2.05) is 62.1 Å². The SMILES string of the molecule is CC1CCC(C(=O)N(c2sc(-c3ccccc3)cc2C(=O)OC(C)(C)C)C2CCCOC2)CC1. The molecule has 184 valence electrons. The van der Waals surface area contributed by atoms with Gasteiger partial charge in [0.1, 0.15) is 10.6 Å². The summed E-state index contributed by atoms with van der Waals surface area (Å²) >= 11 is 1.51. The van der Waals surface area contributed by atoms with Gasteiger partial charge >= 0.3 is 5.97 Å². The Morgan fingerprint density at radius 3 is 2.38 bits per heavy atom. The first-order chi connectivity index (χ1) is 16.2. The van der Waals surface area contributed by atoms with E-state index in [9.17, 15) is 9.59 Å². The van der Waals surface area contributed by atoms with Gasteiger partial charge in [-0.05, 0) is 76.8 Å². The molecule has 0 bridgehead atoms. The van der Waals surface area contributed by atoms with Gasteiger partial charge in [0.15, 0.2) is 0 Å². The third-order valence-corrected chi connectivity index (χ3v) is 7.90. The molecule has 6 heteroatoms. The first kappa shape index (κ1) is 24.9. The van der Waals surface area contributed by atoms with Crippen LogP contribution in [0.2, 0.25) is 0 Å². The molecule has 0 N–H and O–H groups in total. The molecule has 0 radical (unpaired) electrons. The Labute approximate surface area is 207 Å². The van der Waals surface area contributed by atoms with Crippen molar-refractivity contribution in [3.05, 3.63) is 42.0 Å². The van der Waals surface area contributed by atoms with Crippen molar-refractivity contribution in [3.8, 4) is 10.4 Å². The minimum absolute atomic E-state index is 0.00751. The summed E-state index contributed by atoms with van der Waals surface area (Å²) < 4.78 is 11.6. The molecule has 2 fully saturated rings. The molecule has 5 nitrogen and oxygen atoms in total. The fraction of sp³-hybridized carbons (Fsp3) is 0.571. The van der Waals surface area contributed by atoms with Gasteiger partial charge in [0.2, 0.25) is 5.91 Å². The number of carbonyl (C=O) groups is 2. The molecule has 1 atom stereocenters. The Balaban J connectivity index is 1.77. The second-order valence-electron chi connectivity index (χ2n) is 10.7. The monoisotopic (exact) mass is 483 g/mol. The van der Waals surface area contributed by atoms with E-state index in [2.05, 4.69) is 6.92 Å². The van der Waals surface area contributed by atoms with Crippen molar-refractivity contribution < 1.29 is 19.1 Å². The maximum atomic E-state index is 14.0. The van der Waals surface area contributed by atoms with Gasteiger partial charge in [-0.3, -0.25) is 9.69 Å². The lowest BCUT2D eigenvalue weighted by molar-refractivity contribution is -0.124. The van der Waals surface area contributed by atoms with Crippen LogP contribution in [0.3, 0.4) is 0 Å². The molecule has 4 rings (SSSR count). The van der Waals surface area contributed by atoms with Crippen LogP contribution < -0.4 is 4.90 Å². The number of carbonyl (C=O) groups excluding carboxylic acids is 2. The molecule has 1 aromatic carbocycles. The molecule has 2 aliphatic rings. The number of amides is 1. The smallest absolute Gasteiger partial charge is 0.341 e. The summed E-state index contributed by atoms with van der Waals surface area (Å²) in [7, 11) is 0. The predicted octanol–water partition coefficient (Wildman–Crippen LogP) is 6.71. The fourth-order valence-electron chi connectivity index (χ4n) is 4.86. The molecule has 1 unspecified atom stereocenters. The summed E-state index contributed by atoms with van der Waals surface area (Å²) in [5, 5.41) is 0.701. The third kappa shape index (κ3) is 5.89. The van der Waals surface area contributed by atoms with E-state index in [1.165, 1.54) is 11.3 Å². The number of ether oxygens (including phenoxy) is 2. The quantitative estimate of drug-likeness (QED) is 0.444. The van der Waals surface area contributed by atoms with Gasteiger partial charge in [-0.1, -0.05) is 37.3 Å². The van der Waals surface area contributed by atoms with E-state index in [0.717, 1.165) is 55.6 Å². The average Bonchev–Trinajstić information content (AvgIpc) is 3.25. The zero-order valence-corrected chi connectivity index (χ0v) is 21.7. The van der Waals surface area contributed by atoms with E-state index in [4.69, 9.17) is 9.47 Å². The van der Waals surface area contributed by atoms with Crippen LogP contribution in [-0.2, 0) is 14.3 Å². The second-order valence-corrected chi connectivity index (χ2v) is 11.8. The normalized spacial score (nSPS) is 23.4. The van der Waals surface area contributed by atoms with Gasteiger partial charge in [0.25, 0.3) is 0 Å². The molecule has 34 heavy (non-hydrogen) atoms. The molecule has 1 aliphatic carbocycles. The lowest BCUT2D eigenvalue weighted by Gasteiger charge is -2.37. The van der Waals surface area contributed by atoms with Crippen molar-refractivity contribution in [2.24, 2.45) is 11.8 Å². The van der Waals surface area contributed by atoms with E-state index >= 15 is 0 Å². The van der Waals surface area contributed by atoms with E-state index in [-0.39, 0.29) is 23.8 Å². The van der Waals surface area contributed by atoms with E-state index in [1.54, 1.807) is 0 Å². The van der Waals surface area contributed by atoms with Crippen LogP contribution in [0.25, 0.3) is 10.4 Å². The number of hydrogen-bond donors (Lipinski definition) is 0. The highest BCUT2D eigenvalue weighted by molar-refractivity contribution is 7.20. The lowest BCUT2D eigenvalue weighted by atomic mass is 9.82. The van der Waals surface area contributed by atoms with Crippen LogP contribution in [0.5, 0.6) is 0 Å². The van der Waals surface area contributed by atoms with Crippen LogP contribution in [0.4, 0.5) is 5.00 Å². The molecular weight excluding hydrogens is 446 g/mol. The second kappa shape index (κ2) is 10.6. The molecule has 2 heterocycles. The predicted molar refractivity (Wildman–Crippen MR) is 137 cm³/mol. The highest BCUT2D eigenvalue weighted by Gasteiger charge is 2.37. The van der Waals surface area contributed by atoms with Gasteiger partial charge in [0.05, 0.1) is 18.2 Å². The Morgan fingerprint density at radius 2 is 1.76 bits per heavy atom. The Bertz CT molecular complexity index is 980. The largest absolute Gasteiger partial charge is 0.456 e. The van der Waals surface area contributed by atoms with Crippen molar-refractivity contribution in [2.75, 3.05) is 18.1 Å². The van der Waals surface area contributed by atoms with Crippen LogP contribution in [-0.4, -0.2) is 36.7 Å².